The Kier molecular flexibility index (Phi) is 5.19. The number of para-hydroxylation sites is 1. The third-order valence-electron chi connectivity index (χ3n) is 3.31. The van der Waals surface area contributed by atoms with Crippen LogP contribution < -0.4 is 9.64 Å². The highest BCUT2D eigenvalue weighted by atomic mass is 16.5. The number of rotatable bonds is 4. The second kappa shape index (κ2) is 7.13. The molecule has 0 spiro atoms. The van der Waals surface area contributed by atoms with E-state index in [0.717, 1.165) is 0 Å². The van der Waals surface area contributed by atoms with Gasteiger partial charge in [-0.25, -0.2) is 0 Å². The number of ether oxygens (including phenoxy) is 1. The molecule has 0 bridgehead atoms. The van der Waals surface area contributed by atoms with Gasteiger partial charge in [0.15, 0.2) is 0 Å². The van der Waals surface area contributed by atoms with Gasteiger partial charge in [-0.3, -0.25) is 14.5 Å². The van der Waals surface area contributed by atoms with E-state index in [1.165, 1.54) is 11.0 Å². The van der Waals surface area contributed by atoms with Crippen molar-refractivity contribution in [2.24, 2.45) is 5.41 Å². The average Bonchev–Trinajstić information content (AvgIpc) is 2.55. The molecule has 4 heteroatoms. The monoisotopic (exact) mass is 323 g/mol. The van der Waals surface area contributed by atoms with E-state index in [1.807, 2.05) is 30.3 Å². The number of hydrogen-bond donors (Lipinski definition) is 0. The summed E-state index contributed by atoms with van der Waals surface area (Å²) in [4.78, 5) is 25.9. The number of benzene rings is 2. The maximum Gasteiger partial charge on any atom is 0.316 e. The fraction of sp³-hybridized carbons (Fsp3) is 0.200. The van der Waals surface area contributed by atoms with E-state index in [1.54, 1.807) is 45.0 Å². The summed E-state index contributed by atoms with van der Waals surface area (Å²) in [6.07, 6.45) is 1.25. The molecule has 2 rings (SSSR count). The molecule has 2 aromatic rings. The van der Waals surface area contributed by atoms with Crippen LogP contribution in [0.1, 0.15) is 20.8 Å². The molecule has 0 radical (unpaired) electrons. The van der Waals surface area contributed by atoms with E-state index in [9.17, 15) is 9.59 Å². The number of nitrogens with zero attached hydrogens (tertiary/aromatic N) is 1. The SMILES string of the molecule is C=CC(=O)N(c1ccccc1)c1cccc(OC(=O)C(C)(C)C)c1. The molecule has 0 aliphatic carbocycles. The number of carbonyl (C=O) groups excluding carboxylic acids is 2. The smallest absolute Gasteiger partial charge is 0.316 e. The van der Waals surface area contributed by atoms with Gasteiger partial charge < -0.3 is 4.74 Å². The molecule has 0 N–H and O–H groups in total. The third kappa shape index (κ3) is 4.10. The molecule has 0 atom stereocenters. The predicted octanol–water partition coefficient (Wildman–Crippen LogP) is 4.49. The first kappa shape index (κ1) is 17.5. The highest BCUT2D eigenvalue weighted by Crippen LogP contribution is 2.29. The van der Waals surface area contributed by atoms with Gasteiger partial charge >= 0.3 is 5.97 Å². The maximum atomic E-state index is 12.3. The van der Waals surface area contributed by atoms with E-state index >= 15 is 0 Å². The summed E-state index contributed by atoms with van der Waals surface area (Å²) in [6.45, 7) is 8.92. The fourth-order valence-electron chi connectivity index (χ4n) is 2.02. The number of esters is 1. The second-order valence-electron chi connectivity index (χ2n) is 6.35. The second-order valence-corrected chi connectivity index (χ2v) is 6.35. The summed E-state index contributed by atoms with van der Waals surface area (Å²) in [6, 6.07) is 16.1. The lowest BCUT2D eigenvalue weighted by Crippen LogP contribution is -2.26. The summed E-state index contributed by atoms with van der Waals surface area (Å²) in [5.41, 5.74) is 0.707. The Morgan fingerprint density at radius 3 is 2.21 bits per heavy atom. The average molecular weight is 323 g/mol. The zero-order valence-electron chi connectivity index (χ0n) is 14.2. The Hall–Kier alpha value is -2.88. The number of carbonyl (C=O) groups is 2. The minimum absolute atomic E-state index is 0.263. The van der Waals surface area contributed by atoms with Crippen molar-refractivity contribution in [2.75, 3.05) is 4.90 Å². The normalized spacial score (nSPS) is 10.8. The minimum Gasteiger partial charge on any atom is -0.426 e. The Morgan fingerprint density at radius 2 is 1.62 bits per heavy atom. The van der Waals surface area contributed by atoms with Crippen molar-refractivity contribution >= 4 is 23.3 Å². The summed E-state index contributed by atoms with van der Waals surface area (Å²) < 4.78 is 5.42. The van der Waals surface area contributed by atoms with Gasteiger partial charge in [0.2, 0.25) is 0 Å². The van der Waals surface area contributed by atoms with Gasteiger partial charge in [-0.05, 0) is 51.1 Å². The number of amides is 1. The van der Waals surface area contributed by atoms with Crippen molar-refractivity contribution in [2.45, 2.75) is 20.8 Å². The molecule has 0 saturated carbocycles. The lowest BCUT2D eigenvalue weighted by Gasteiger charge is -2.22. The van der Waals surface area contributed by atoms with Gasteiger partial charge in [-0.1, -0.05) is 30.8 Å². The maximum absolute atomic E-state index is 12.3. The van der Waals surface area contributed by atoms with Crippen LogP contribution in [0.4, 0.5) is 11.4 Å². The van der Waals surface area contributed by atoms with Gasteiger partial charge in [0.25, 0.3) is 5.91 Å². The molecule has 0 unspecified atom stereocenters. The van der Waals surface area contributed by atoms with Crippen LogP contribution in [0.5, 0.6) is 5.75 Å². The van der Waals surface area contributed by atoms with Crippen molar-refractivity contribution < 1.29 is 14.3 Å². The zero-order valence-corrected chi connectivity index (χ0v) is 14.2. The van der Waals surface area contributed by atoms with Gasteiger partial charge in [0.05, 0.1) is 11.1 Å². The summed E-state index contributed by atoms with van der Waals surface area (Å²) in [7, 11) is 0. The van der Waals surface area contributed by atoms with Crippen molar-refractivity contribution in [3.63, 3.8) is 0 Å². The first-order valence-corrected chi connectivity index (χ1v) is 7.67. The molecule has 1 amide bonds. The van der Waals surface area contributed by atoms with Crippen LogP contribution in [0, 0.1) is 5.41 Å². The number of anilines is 2. The largest absolute Gasteiger partial charge is 0.426 e. The van der Waals surface area contributed by atoms with Crippen LogP contribution in [0.25, 0.3) is 0 Å². The first-order chi connectivity index (χ1) is 11.3. The van der Waals surface area contributed by atoms with Crippen LogP contribution in [0.3, 0.4) is 0 Å². The van der Waals surface area contributed by atoms with E-state index in [0.29, 0.717) is 17.1 Å². The molecule has 0 saturated heterocycles. The minimum atomic E-state index is -0.605. The summed E-state index contributed by atoms with van der Waals surface area (Å²) >= 11 is 0. The van der Waals surface area contributed by atoms with Crippen molar-refractivity contribution in [1.82, 2.24) is 0 Å². The van der Waals surface area contributed by atoms with Gasteiger partial charge in [0.1, 0.15) is 5.75 Å². The van der Waals surface area contributed by atoms with Gasteiger partial charge in [-0.2, -0.15) is 0 Å². The van der Waals surface area contributed by atoms with Gasteiger partial charge in [-0.15, -0.1) is 0 Å². The Balaban J connectivity index is 2.38. The molecule has 0 fully saturated rings. The molecule has 4 nitrogen and oxygen atoms in total. The molecule has 0 heterocycles. The predicted molar refractivity (Wildman–Crippen MR) is 95.3 cm³/mol. The quantitative estimate of drug-likeness (QED) is 0.473. The van der Waals surface area contributed by atoms with E-state index in [-0.39, 0.29) is 11.9 Å². The first-order valence-electron chi connectivity index (χ1n) is 7.67. The van der Waals surface area contributed by atoms with Crippen LogP contribution >= 0.6 is 0 Å². The van der Waals surface area contributed by atoms with Gasteiger partial charge in [0, 0.05) is 11.8 Å². The van der Waals surface area contributed by atoms with Crippen molar-refractivity contribution in [3.8, 4) is 5.75 Å². The summed E-state index contributed by atoms with van der Waals surface area (Å²) in [5, 5.41) is 0. The van der Waals surface area contributed by atoms with Crippen LogP contribution in [0.15, 0.2) is 67.3 Å². The van der Waals surface area contributed by atoms with E-state index in [4.69, 9.17) is 4.74 Å². The zero-order chi connectivity index (χ0) is 17.7. The lowest BCUT2D eigenvalue weighted by molar-refractivity contribution is -0.143. The highest BCUT2D eigenvalue weighted by molar-refractivity contribution is 6.06. The van der Waals surface area contributed by atoms with E-state index in [2.05, 4.69) is 6.58 Å². The van der Waals surface area contributed by atoms with Crippen molar-refractivity contribution in [1.29, 1.82) is 0 Å². The molecule has 2 aromatic carbocycles. The standard InChI is InChI=1S/C20H21NO3/c1-5-18(22)21(15-10-7-6-8-11-15)16-12-9-13-17(14-16)24-19(23)20(2,3)4/h5-14H,1H2,2-4H3. The molecule has 24 heavy (non-hydrogen) atoms. The van der Waals surface area contributed by atoms with Crippen LogP contribution in [0.2, 0.25) is 0 Å². The Morgan fingerprint density at radius 1 is 1.00 bits per heavy atom. The molecular weight excluding hydrogens is 302 g/mol. The molecule has 0 aliphatic rings. The molecular formula is C20H21NO3. The molecule has 0 aliphatic heterocycles. The Bertz CT molecular complexity index is 745. The van der Waals surface area contributed by atoms with Crippen molar-refractivity contribution in [3.05, 3.63) is 67.3 Å². The molecule has 0 aromatic heterocycles. The van der Waals surface area contributed by atoms with Crippen LogP contribution in [-0.2, 0) is 9.59 Å². The Labute approximate surface area is 142 Å². The fourth-order valence-corrected chi connectivity index (χ4v) is 2.02. The number of hydrogen-bond acceptors (Lipinski definition) is 3. The molecule has 124 valence electrons. The summed E-state index contributed by atoms with van der Waals surface area (Å²) in [5.74, 6) is -0.202. The van der Waals surface area contributed by atoms with E-state index < -0.39 is 5.41 Å². The third-order valence-corrected chi connectivity index (χ3v) is 3.31. The lowest BCUT2D eigenvalue weighted by atomic mass is 9.97. The van der Waals surface area contributed by atoms with Crippen LogP contribution in [-0.4, -0.2) is 11.9 Å². The topological polar surface area (TPSA) is 46.6 Å². The highest BCUT2D eigenvalue weighted by Gasteiger charge is 2.24.